The standard InChI is InChI=1S/C22H23Br2N3O2S/c1-28-18-9-7-16(8-10-18)27(17-5-3-4-15(23)13-17)22-26-25-21(30-22)14-6-11-20(29-2)19(24)12-14/h6-12,15,17H,3-5,13H2,1-2H3. The molecule has 1 heterocycles. The lowest BCUT2D eigenvalue weighted by Crippen LogP contribution is -2.35. The van der Waals surface area contributed by atoms with Crippen LogP contribution in [0, 0.1) is 0 Å². The highest BCUT2D eigenvalue weighted by Crippen LogP contribution is 2.40. The van der Waals surface area contributed by atoms with Crippen molar-refractivity contribution in [3.8, 4) is 22.1 Å². The second kappa shape index (κ2) is 9.66. The van der Waals surface area contributed by atoms with Crippen molar-refractivity contribution >= 4 is 54.0 Å². The Labute approximate surface area is 197 Å². The molecule has 1 aliphatic carbocycles. The van der Waals surface area contributed by atoms with Gasteiger partial charge < -0.3 is 14.4 Å². The third-order valence-electron chi connectivity index (χ3n) is 5.32. The summed E-state index contributed by atoms with van der Waals surface area (Å²) >= 11 is 9.01. The summed E-state index contributed by atoms with van der Waals surface area (Å²) in [7, 11) is 3.35. The molecule has 0 amide bonds. The van der Waals surface area contributed by atoms with Gasteiger partial charge in [0.15, 0.2) is 0 Å². The van der Waals surface area contributed by atoms with Crippen LogP contribution in [-0.4, -0.2) is 35.3 Å². The molecule has 4 rings (SSSR count). The van der Waals surface area contributed by atoms with E-state index < -0.39 is 0 Å². The third-order valence-corrected chi connectivity index (χ3v) is 7.74. The monoisotopic (exact) mass is 551 g/mol. The highest BCUT2D eigenvalue weighted by molar-refractivity contribution is 9.10. The van der Waals surface area contributed by atoms with Gasteiger partial charge in [-0.15, -0.1) is 10.2 Å². The molecule has 2 aromatic carbocycles. The molecular formula is C22H23Br2N3O2S. The average molecular weight is 553 g/mol. The maximum Gasteiger partial charge on any atom is 0.213 e. The van der Waals surface area contributed by atoms with Gasteiger partial charge in [0, 0.05) is 22.1 Å². The lowest BCUT2D eigenvalue weighted by molar-refractivity contribution is 0.412. The molecule has 0 radical (unpaired) electrons. The fourth-order valence-corrected chi connectivity index (χ4v) is 6.02. The van der Waals surface area contributed by atoms with Crippen LogP contribution in [0.3, 0.4) is 0 Å². The molecule has 2 atom stereocenters. The molecule has 1 aromatic heterocycles. The predicted octanol–water partition coefficient (Wildman–Crippen LogP) is 6.83. The van der Waals surface area contributed by atoms with Gasteiger partial charge in [-0.25, -0.2) is 0 Å². The van der Waals surface area contributed by atoms with Gasteiger partial charge in [-0.3, -0.25) is 0 Å². The van der Waals surface area contributed by atoms with E-state index in [0.29, 0.717) is 10.9 Å². The van der Waals surface area contributed by atoms with E-state index in [0.717, 1.165) is 50.2 Å². The summed E-state index contributed by atoms with van der Waals surface area (Å²) in [5, 5.41) is 10.9. The minimum atomic E-state index is 0.375. The molecule has 1 fully saturated rings. The van der Waals surface area contributed by atoms with Gasteiger partial charge in [0.05, 0.1) is 18.7 Å². The summed E-state index contributed by atoms with van der Waals surface area (Å²) in [5.41, 5.74) is 2.13. The molecule has 1 aliphatic rings. The third kappa shape index (κ3) is 4.65. The highest BCUT2D eigenvalue weighted by Gasteiger charge is 2.29. The number of ether oxygens (including phenoxy) is 2. The zero-order valence-corrected chi connectivity index (χ0v) is 20.8. The fraction of sp³-hybridized carbons (Fsp3) is 0.364. The average Bonchev–Trinajstić information content (AvgIpc) is 3.24. The summed E-state index contributed by atoms with van der Waals surface area (Å²) in [4.78, 5) is 2.87. The lowest BCUT2D eigenvalue weighted by atomic mass is 9.94. The fourth-order valence-electron chi connectivity index (χ4n) is 3.79. The van der Waals surface area contributed by atoms with Crippen molar-refractivity contribution in [1.82, 2.24) is 10.2 Å². The van der Waals surface area contributed by atoms with Crippen molar-refractivity contribution in [2.24, 2.45) is 0 Å². The van der Waals surface area contributed by atoms with E-state index in [-0.39, 0.29) is 0 Å². The van der Waals surface area contributed by atoms with E-state index in [9.17, 15) is 0 Å². The Hall–Kier alpha value is -1.64. The van der Waals surface area contributed by atoms with Gasteiger partial charge in [0.25, 0.3) is 0 Å². The zero-order chi connectivity index (χ0) is 21.1. The molecule has 30 heavy (non-hydrogen) atoms. The molecule has 0 bridgehead atoms. The Balaban J connectivity index is 1.69. The Bertz CT molecular complexity index is 996. The number of methoxy groups -OCH3 is 2. The summed E-state index contributed by atoms with van der Waals surface area (Å²) in [6, 6.07) is 14.6. The Morgan fingerprint density at radius 3 is 2.50 bits per heavy atom. The molecule has 0 aliphatic heterocycles. The molecule has 0 N–H and O–H groups in total. The predicted molar refractivity (Wildman–Crippen MR) is 130 cm³/mol. The first-order valence-corrected chi connectivity index (χ1v) is 12.4. The van der Waals surface area contributed by atoms with E-state index in [1.807, 2.05) is 30.3 Å². The highest BCUT2D eigenvalue weighted by atomic mass is 79.9. The Morgan fingerprint density at radius 1 is 1.03 bits per heavy atom. The molecule has 0 spiro atoms. The van der Waals surface area contributed by atoms with Crippen molar-refractivity contribution < 1.29 is 9.47 Å². The molecule has 5 nitrogen and oxygen atoms in total. The summed E-state index contributed by atoms with van der Waals surface area (Å²) in [6.45, 7) is 0. The number of nitrogens with zero attached hydrogens (tertiary/aromatic N) is 3. The molecule has 8 heteroatoms. The summed E-state index contributed by atoms with van der Waals surface area (Å²) < 4.78 is 11.6. The number of hydrogen-bond acceptors (Lipinski definition) is 6. The van der Waals surface area contributed by atoms with Gasteiger partial charge in [0.1, 0.15) is 16.5 Å². The van der Waals surface area contributed by atoms with Crippen molar-refractivity contribution in [1.29, 1.82) is 0 Å². The second-order valence-electron chi connectivity index (χ2n) is 7.22. The topological polar surface area (TPSA) is 47.5 Å². The molecule has 2 unspecified atom stereocenters. The molecule has 0 saturated heterocycles. The van der Waals surface area contributed by atoms with Crippen LogP contribution in [-0.2, 0) is 0 Å². The number of benzene rings is 2. The van der Waals surface area contributed by atoms with Crippen LogP contribution in [0.15, 0.2) is 46.9 Å². The first kappa shape index (κ1) is 21.6. The minimum Gasteiger partial charge on any atom is -0.497 e. The molecular weight excluding hydrogens is 530 g/mol. The molecule has 158 valence electrons. The van der Waals surface area contributed by atoms with Crippen molar-refractivity contribution in [2.75, 3.05) is 19.1 Å². The Morgan fingerprint density at radius 2 is 1.83 bits per heavy atom. The maximum absolute atomic E-state index is 5.34. The minimum absolute atomic E-state index is 0.375. The van der Waals surface area contributed by atoms with Crippen molar-refractivity contribution in [3.63, 3.8) is 0 Å². The summed E-state index contributed by atoms with van der Waals surface area (Å²) in [5.74, 6) is 1.65. The first-order valence-electron chi connectivity index (χ1n) is 9.84. The van der Waals surface area contributed by atoms with Crippen LogP contribution in [0.25, 0.3) is 10.6 Å². The number of aromatic nitrogens is 2. The number of anilines is 2. The number of alkyl halides is 1. The lowest BCUT2D eigenvalue weighted by Gasteiger charge is -2.35. The molecule has 1 saturated carbocycles. The van der Waals surface area contributed by atoms with Crippen molar-refractivity contribution in [2.45, 2.75) is 36.6 Å². The van der Waals surface area contributed by atoms with Crippen molar-refractivity contribution in [3.05, 3.63) is 46.9 Å². The second-order valence-corrected chi connectivity index (χ2v) is 10.3. The van der Waals surface area contributed by atoms with E-state index in [4.69, 9.17) is 9.47 Å². The van der Waals surface area contributed by atoms with Crippen LogP contribution >= 0.6 is 43.2 Å². The van der Waals surface area contributed by atoms with E-state index in [1.54, 1.807) is 25.6 Å². The smallest absolute Gasteiger partial charge is 0.213 e. The van der Waals surface area contributed by atoms with Crippen LogP contribution in [0.2, 0.25) is 0 Å². The van der Waals surface area contributed by atoms with Crippen LogP contribution < -0.4 is 14.4 Å². The number of rotatable bonds is 6. The summed E-state index contributed by atoms with van der Waals surface area (Å²) in [6.07, 6.45) is 4.63. The van der Waals surface area contributed by atoms with E-state index in [1.165, 1.54) is 12.8 Å². The van der Waals surface area contributed by atoms with Gasteiger partial charge in [-0.1, -0.05) is 33.7 Å². The van der Waals surface area contributed by atoms with Gasteiger partial charge in [-0.2, -0.15) is 0 Å². The quantitative estimate of drug-likeness (QED) is 0.314. The van der Waals surface area contributed by atoms with Gasteiger partial charge in [-0.05, 0) is 77.7 Å². The van der Waals surface area contributed by atoms with Crippen LogP contribution in [0.5, 0.6) is 11.5 Å². The SMILES string of the molecule is COc1ccc(N(c2nnc(-c3ccc(OC)c(Br)c3)s2)C2CCCC(Br)C2)cc1. The van der Waals surface area contributed by atoms with Crippen LogP contribution in [0.4, 0.5) is 10.8 Å². The zero-order valence-electron chi connectivity index (χ0n) is 16.8. The largest absolute Gasteiger partial charge is 0.497 e. The molecule has 3 aromatic rings. The normalized spacial score (nSPS) is 18.8. The number of hydrogen-bond donors (Lipinski definition) is 0. The van der Waals surface area contributed by atoms with E-state index >= 15 is 0 Å². The van der Waals surface area contributed by atoms with Gasteiger partial charge in [0.2, 0.25) is 5.13 Å². The Kier molecular flexibility index (Phi) is 6.95. The maximum atomic E-state index is 5.34. The van der Waals surface area contributed by atoms with Gasteiger partial charge >= 0.3 is 0 Å². The van der Waals surface area contributed by atoms with Crippen LogP contribution in [0.1, 0.15) is 25.7 Å². The number of halogens is 2. The first-order chi connectivity index (χ1) is 14.6. The van der Waals surface area contributed by atoms with E-state index in [2.05, 4.69) is 59.1 Å².